The van der Waals surface area contributed by atoms with Gasteiger partial charge in [0.1, 0.15) is 0 Å². The van der Waals surface area contributed by atoms with Crippen LogP contribution in [-0.2, 0) is 19.8 Å². The predicted octanol–water partition coefficient (Wildman–Crippen LogP) is 8.80. The summed E-state index contributed by atoms with van der Waals surface area (Å²) >= 11 is 1.56. The zero-order valence-electron chi connectivity index (χ0n) is 24.4. The van der Waals surface area contributed by atoms with E-state index in [-0.39, 0.29) is 14.9 Å². The van der Waals surface area contributed by atoms with Crippen molar-refractivity contribution < 1.29 is 30.0 Å². The number of hydrogen-bond acceptors (Lipinski definition) is 2. The standard InChI is InChI=1S/2C16H13.2CH4O.2CH3.Nb.Si/c2*1-12-10-14-8-5-9-15(16(14)11-12)13-6-3-2-4-7-13;2*1-2;;;;/h2*2-11H,1H3;2*2H,1H3;2*1H3;;/q2*-1;;;2*-1;;. The van der Waals surface area contributed by atoms with Crippen molar-refractivity contribution in [2.45, 2.75) is 13.8 Å². The van der Waals surface area contributed by atoms with Crippen LogP contribution in [0.3, 0.4) is 0 Å². The SMILES string of the molecule is CO.CO.Cc1cc2c(-c3ccccc3)cccc2[cH-]1.Cc1cc2c(-c3ccccc3)cccc2[cH-]1.[CH3-].[CH3-].[Si]=[Nb]. The first kappa shape index (κ1) is 37.0. The summed E-state index contributed by atoms with van der Waals surface area (Å²) in [7, 11) is 5.02. The van der Waals surface area contributed by atoms with E-state index in [2.05, 4.69) is 143 Å². The molecule has 0 aromatic heterocycles. The molecule has 6 rings (SSSR count). The predicted molar refractivity (Wildman–Crippen MR) is 174 cm³/mol. The third-order valence-electron chi connectivity index (χ3n) is 5.96. The third kappa shape index (κ3) is 9.56. The first-order valence-electron chi connectivity index (χ1n) is 12.2. The molecule has 6 aromatic rings. The fourth-order valence-corrected chi connectivity index (χ4v) is 4.51. The molecule has 2 radical (unpaired) electrons. The number of benzene rings is 4. The van der Waals surface area contributed by atoms with Gasteiger partial charge in [-0.2, -0.15) is 12.1 Å². The molecule has 209 valence electrons. The molecule has 40 heavy (non-hydrogen) atoms. The van der Waals surface area contributed by atoms with Gasteiger partial charge in [0.25, 0.3) is 0 Å². The van der Waals surface area contributed by atoms with Crippen molar-refractivity contribution >= 4 is 29.1 Å². The Bertz CT molecular complexity index is 1390. The molecule has 4 heteroatoms. The van der Waals surface area contributed by atoms with E-state index >= 15 is 0 Å². The number of aliphatic hydroxyl groups excluding tert-OH is 2. The molecular weight excluding hydrogens is 585 g/mol. The van der Waals surface area contributed by atoms with Crippen molar-refractivity contribution in [2.24, 2.45) is 0 Å². The van der Waals surface area contributed by atoms with E-state index in [9.17, 15) is 0 Å². The fraction of sp³-hybridized carbons (Fsp3) is 0.111. The van der Waals surface area contributed by atoms with Crippen LogP contribution < -0.4 is 0 Å². The van der Waals surface area contributed by atoms with E-state index < -0.39 is 0 Å². The number of rotatable bonds is 2. The minimum atomic E-state index is 0. The Hall–Kier alpha value is -3.02. The van der Waals surface area contributed by atoms with Gasteiger partial charge in [-0.25, -0.2) is 0 Å². The molecule has 0 aliphatic rings. The van der Waals surface area contributed by atoms with Crippen LogP contribution in [0.15, 0.2) is 121 Å². The Morgan fingerprint density at radius 3 is 1.15 bits per heavy atom. The number of aryl methyl sites for hydroxylation is 2. The summed E-state index contributed by atoms with van der Waals surface area (Å²) in [6.45, 7) is 4.30. The summed E-state index contributed by atoms with van der Waals surface area (Å²) < 4.78 is 0. The van der Waals surface area contributed by atoms with Crippen LogP contribution >= 0.6 is 0 Å². The molecular formula is C36H40NbO2Si-4. The second kappa shape index (κ2) is 19.9. The fourth-order valence-electron chi connectivity index (χ4n) is 4.51. The Morgan fingerprint density at radius 1 is 0.500 bits per heavy atom. The van der Waals surface area contributed by atoms with Crippen molar-refractivity contribution in [3.63, 3.8) is 0 Å². The van der Waals surface area contributed by atoms with E-state index in [0.29, 0.717) is 0 Å². The molecule has 6 aromatic carbocycles. The monoisotopic (exact) mass is 625 g/mol. The van der Waals surface area contributed by atoms with E-state index in [1.807, 2.05) is 0 Å². The number of hydrogen-bond donors (Lipinski definition) is 2. The molecule has 0 bridgehead atoms. The first-order valence-corrected chi connectivity index (χ1v) is 16.0. The molecule has 0 spiro atoms. The Labute approximate surface area is 255 Å². The van der Waals surface area contributed by atoms with Crippen molar-refractivity contribution in [2.75, 3.05) is 14.2 Å². The molecule has 0 amide bonds. The summed E-state index contributed by atoms with van der Waals surface area (Å²) in [6, 6.07) is 43.1. The number of aliphatic hydroxyl groups is 2. The van der Waals surface area contributed by atoms with Crippen LogP contribution in [0.2, 0.25) is 0 Å². The van der Waals surface area contributed by atoms with Gasteiger partial charge in [0, 0.05) is 14.2 Å². The van der Waals surface area contributed by atoms with E-state index in [4.69, 9.17) is 10.2 Å². The van der Waals surface area contributed by atoms with Crippen LogP contribution in [0.5, 0.6) is 0 Å². The van der Waals surface area contributed by atoms with Crippen LogP contribution in [0.4, 0.5) is 0 Å². The van der Waals surface area contributed by atoms with Gasteiger partial charge in [0.05, 0.1) is 0 Å². The molecule has 0 aliphatic heterocycles. The second-order valence-electron chi connectivity index (χ2n) is 8.41. The summed E-state index contributed by atoms with van der Waals surface area (Å²) in [5.74, 6) is 0. The molecule has 0 heterocycles. The van der Waals surface area contributed by atoms with Gasteiger partial charge in [-0.1, -0.05) is 97.8 Å². The van der Waals surface area contributed by atoms with Crippen LogP contribution in [0.1, 0.15) is 11.1 Å². The molecule has 2 N–H and O–H groups in total. The first-order chi connectivity index (χ1) is 18.7. The molecule has 0 atom stereocenters. The van der Waals surface area contributed by atoms with Gasteiger partial charge in [-0.15, -0.1) is 69.1 Å². The van der Waals surface area contributed by atoms with Gasteiger partial charge in [0.2, 0.25) is 0 Å². The van der Waals surface area contributed by atoms with Crippen molar-refractivity contribution in [3.8, 4) is 22.3 Å². The Balaban J connectivity index is 0.000000616. The quantitative estimate of drug-likeness (QED) is 0.149. The van der Waals surface area contributed by atoms with Gasteiger partial charge >= 0.3 is 27.3 Å². The summed E-state index contributed by atoms with van der Waals surface area (Å²) in [5.41, 5.74) is 7.89. The molecule has 0 aliphatic carbocycles. The summed E-state index contributed by atoms with van der Waals surface area (Å²) in [4.78, 5) is 0. The van der Waals surface area contributed by atoms with E-state index in [1.165, 1.54) is 54.9 Å². The van der Waals surface area contributed by atoms with Gasteiger partial charge in [0.15, 0.2) is 0 Å². The summed E-state index contributed by atoms with van der Waals surface area (Å²) in [5, 5.41) is 19.4. The van der Waals surface area contributed by atoms with Crippen molar-refractivity contribution in [1.29, 1.82) is 0 Å². The second-order valence-corrected chi connectivity index (χ2v) is 8.41. The minimum absolute atomic E-state index is 0. The van der Waals surface area contributed by atoms with E-state index in [1.54, 1.807) is 19.8 Å². The molecule has 2 nitrogen and oxygen atoms in total. The molecule has 0 saturated heterocycles. The maximum atomic E-state index is 7.00. The van der Waals surface area contributed by atoms with Crippen LogP contribution in [0.25, 0.3) is 43.8 Å². The normalized spacial score (nSPS) is 9.03. The van der Waals surface area contributed by atoms with Crippen LogP contribution in [0, 0.1) is 28.7 Å². The maximum absolute atomic E-state index is 7.00. The molecule has 0 fully saturated rings. The Kier molecular flexibility index (Phi) is 18.4. The van der Waals surface area contributed by atoms with E-state index in [0.717, 1.165) is 14.2 Å². The average Bonchev–Trinajstić information content (AvgIpc) is 3.58. The van der Waals surface area contributed by atoms with Crippen molar-refractivity contribution in [3.05, 3.63) is 147 Å². The molecule has 0 saturated carbocycles. The third-order valence-corrected chi connectivity index (χ3v) is 5.96. The zero-order valence-corrected chi connectivity index (χ0v) is 27.6. The molecule has 0 unspecified atom stereocenters. The van der Waals surface area contributed by atoms with Gasteiger partial charge in [-0.05, 0) is 11.1 Å². The van der Waals surface area contributed by atoms with Gasteiger partial charge < -0.3 is 25.1 Å². The van der Waals surface area contributed by atoms with Crippen molar-refractivity contribution in [1.82, 2.24) is 0 Å². The average molecular weight is 626 g/mol. The summed E-state index contributed by atoms with van der Waals surface area (Å²) in [6.07, 6.45) is 0. The van der Waals surface area contributed by atoms with Crippen LogP contribution in [-0.4, -0.2) is 32.0 Å². The number of fused-ring (bicyclic) bond motifs is 2. The topological polar surface area (TPSA) is 40.5 Å². The Morgan fingerprint density at radius 2 is 0.825 bits per heavy atom. The zero-order chi connectivity index (χ0) is 27.9. The van der Waals surface area contributed by atoms with Gasteiger partial charge in [-0.3, -0.25) is 0 Å².